The van der Waals surface area contributed by atoms with E-state index in [1.165, 1.54) is 22.8 Å². The number of thiazole rings is 1. The van der Waals surface area contributed by atoms with E-state index in [1.54, 1.807) is 6.20 Å². The van der Waals surface area contributed by atoms with Crippen molar-refractivity contribution < 1.29 is 4.79 Å². The van der Waals surface area contributed by atoms with Gasteiger partial charge in [-0.3, -0.25) is 4.79 Å². The Bertz CT molecular complexity index is 326. The molecule has 0 bridgehead atoms. The Morgan fingerprint density at radius 1 is 1.50 bits per heavy atom. The predicted molar refractivity (Wildman–Crippen MR) is 64.6 cm³/mol. The number of aromatic nitrogens is 1. The Labute approximate surface area is 95.9 Å². The van der Waals surface area contributed by atoms with Crippen LogP contribution in [0.2, 0.25) is 0 Å². The van der Waals surface area contributed by atoms with E-state index in [1.807, 2.05) is 23.5 Å². The summed E-state index contributed by atoms with van der Waals surface area (Å²) in [6.07, 6.45) is 2.56. The molecule has 1 saturated heterocycles. The molecule has 0 amide bonds. The fourth-order valence-corrected chi connectivity index (χ4v) is 5.29. The Hall–Kier alpha value is -0.0000000000000000833. The van der Waals surface area contributed by atoms with Gasteiger partial charge in [0, 0.05) is 23.0 Å². The number of thioether (sulfide) groups is 2. The maximum Gasteiger partial charge on any atom is 0.161 e. The number of carbonyl (C=O) groups is 1. The van der Waals surface area contributed by atoms with Crippen LogP contribution in [0.1, 0.15) is 26.9 Å². The van der Waals surface area contributed by atoms with Gasteiger partial charge in [-0.2, -0.15) is 11.8 Å². The Morgan fingerprint density at radius 2 is 2.29 bits per heavy atom. The molecule has 0 aromatic carbocycles. The first-order valence-electron chi connectivity index (χ1n) is 4.45. The second kappa shape index (κ2) is 4.68. The highest BCUT2D eigenvalue weighted by molar-refractivity contribution is 8.06. The van der Waals surface area contributed by atoms with Crippen LogP contribution in [0.15, 0.2) is 6.20 Å². The molecule has 0 radical (unpaired) electrons. The third-order valence-electron chi connectivity index (χ3n) is 2.09. The molecule has 1 fully saturated rings. The monoisotopic (exact) mass is 245 g/mol. The summed E-state index contributed by atoms with van der Waals surface area (Å²) in [5.41, 5.74) is 0. The number of hydrogen-bond donors (Lipinski definition) is 0. The van der Waals surface area contributed by atoms with E-state index >= 15 is 0 Å². The van der Waals surface area contributed by atoms with Crippen LogP contribution in [0.3, 0.4) is 0 Å². The van der Waals surface area contributed by atoms with Gasteiger partial charge in [0.05, 0.1) is 10.1 Å². The van der Waals surface area contributed by atoms with Crippen molar-refractivity contribution in [2.75, 3.05) is 11.5 Å². The van der Waals surface area contributed by atoms with Crippen molar-refractivity contribution in [2.24, 2.45) is 0 Å². The minimum atomic E-state index is 0.479. The topological polar surface area (TPSA) is 30.0 Å². The van der Waals surface area contributed by atoms with Crippen LogP contribution in [0.5, 0.6) is 0 Å². The average molecular weight is 245 g/mol. The summed E-state index contributed by atoms with van der Waals surface area (Å²) in [4.78, 5) is 15.6. The lowest BCUT2D eigenvalue weighted by molar-refractivity contribution is 0.112. The summed E-state index contributed by atoms with van der Waals surface area (Å²) in [7, 11) is 0. The number of hydrogen-bond acceptors (Lipinski definition) is 5. The van der Waals surface area contributed by atoms with Crippen molar-refractivity contribution in [3.8, 4) is 0 Å². The number of rotatable bonds is 2. The smallest absolute Gasteiger partial charge is 0.161 e. The van der Waals surface area contributed by atoms with E-state index in [9.17, 15) is 4.79 Å². The first-order chi connectivity index (χ1) is 6.81. The fraction of sp³-hybridized carbons (Fsp3) is 0.556. The molecule has 0 N–H and O–H groups in total. The van der Waals surface area contributed by atoms with Crippen molar-refractivity contribution >= 4 is 41.1 Å². The largest absolute Gasteiger partial charge is 0.297 e. The molecule has 2 unspecified atom stereocenters. The van der Waals surface area contributed by atoms with Crippen LogP contribution in [-0.2, 0) is 0 Å². The van der Waals surface area contributed by atoms with Gasteiger partial charge in [0.15, 0.2) is 6.29 Å². The molecule has 2 nitrogen and oxygen atoms in total. The van der Waals surface area contributed by atoms with E-state index in [0.29, 0.717) is 10.5 Å². The highest BCUT2D eigenvalue weighted by Crippen LogP contribution is 2.43. The molecule has 1 aromatic heterocycles. The molecule has 0 spiro atoms. The fourth-order valence-electron chi connectivity index (χ4n) is 1.39. The zero-order valence-corrected chi connectivity index (χ0v) is 10.3. The summed E-state index contributed by atoms with van der Waals surface area (Å²) in [5.74, 6) is 2.42. The summed E-state index contributed by atoms with van der Waals surface area (Å²) in [6, 6.07) is 0. The van der Waals surface area contributed by atoms with E-state index in [2.05, 4.69) is 11.9 Å². The molecule has 5 heteroatoms. The van der Waals surface area contributed by atoms with E-state index < -0.39 is 0 Å². The van der Waals surface area contributed by atoms with Crippen LogP contribution < -0.4 is 0 Å². The first kappa shape index (κ1) is 10.5. The Morgan fingerprint density at radius 3 is 2.93 bits per heavy atom. The number of aldehydes is 1. The standard InChI is InChI=1S/C9H11NOS3/c1-6-8(13-3-2-12-6)9-10-4-7(5-11)14-9/h4-6,8H,2-3H2,1H3. The van der Waals surface area contributed by atoms with Gasteiger partial charge in [0.1, 0.15) is 5.01 Å². The predicted octanol–water partition coefficient (Wildman–Crippen LogP) is 2.87. The van der Waals surface area contributed by atoms with Gasteiger partial charge in [-0.1, -0.05) is 6.92 Å². The van der Waals surface area contributed by atoms with Crippen LogP contribution in [0, 0.1) is 0 Å². The lowest BCUT2D eigenvalue weighted by Gasteiger charge is -2.25. The van der Waals surface area contributed by atoms with Gasteiger partial charge in [-0.25, -0.2) is 4.98 Å². The van der Waals surface area contributed by atoms with Gasteiger partial charge < -0.3 is 0 Å². The number of nitrogens with zero attached hydrogens (tertiary/aromatic N) is 1. The SMILES string of the molecule is CC1SCCSC1c1ncc(C=O)s1. The molecule has 2 rings (SSSR count). The molecule has 2 atom stereocenters. The van der Waals surface area contributed by atoms with Gasteiger partial charge in [-0.05, 0) is 0 Å². The minimum absolute atomic E-state index is 0.479. The lowest BCUT2D eigenvalue weighted by atomic mass is 10.3. The molecule has 14 heavy (non-hydrogen) atoms. The minimum Gasteiger partial charge on any atom is -0.297 e. The zero-order valence-electron chi connectivity index (χ0n) is 7.80. The van der Waals surface area contributed by atoms with Crippen molar-refractivity contribution in [3.63, 3.8) is 0 Å². The highest BCUT2D eigenvalue weighted by Gasteiger charge is 2.26. The quantitative estimate of drug-likeness (QED) is 0.749. The first-order valence-corrected chi connectivity index (χ1v) is 7.37. The number of carbonyl (C=O) groups excluding carboxylic acids is 1. The van der Waals surface area contributed by atoms with Crippen LogP contribution in [0.4, 0.5) is 0 Å². The van der Waals surface area contributed by atoms with E-state index in [0.717, 1.165) is 16.2 Å². The molecular formula is C9H11NOS3. The maximum atomic E-state index is 10.5. The van der Waals surface area contributed by atoms with Crippen molar-refractivity contribution in [1.29, 1.82) is 0 Å². The van der Waals surface area contributed by atoms with Gasteiger partial charge in [0.2, 0.25) is 0 Å². The molecule has 1 aromatic rings. The van der Waals surface area contributed by atoms with Crippen LogP contribution in [0.25, 0.3) is 0 Å². The second-order valence-electron chi connectivity index (χ2n) is 3.09. The average Bonchev–Trinajstić information content (AvgIpc) is 2.67. The molecular weight excluding hydrogens is 234 g/mol. The van der Waals surface area contributed by atoms with E-state index in [4.69, 9.17) is 0 Å². The molecule has 76 valence electrons. The van der Waals surface area contributed by atoms with Gasteiger partial charge in [-0.15, -0.1) is 23.1 Å². The molecule has 1 aliphatic heterocycles. The maximum absolute atomic E-state index is 10.5. The third kappa shape index (κ3) is 2.15. The van der Waals surface area contributed by atoms with Gasteiger partial charge >= 0.3 is 0 Å². The summed E-state index contributed by atoms with van der Waals surface area (Å²) in [6.45, 7) is 2.24. The zero-order chi connectivity index (χ0) is 9.97. The van der Waals surface area contributed by atoms with Crippen LogP contribution in [-0.4, -0.2) is 28.0 Å². The Balaban J connectivity index is 2.16. The normalized spacial score (nSPS) is 27.5. The molecule has 1 aliphatic rings. The third-order valence-corrected chi connectivity index (χ3v) is 6.34. The highest BCUT2D eigenvalue weighted by atomic mass is 32.2. The molecule has 2 heterocycles. The van der Waals surface area contributed by atoms with Gasteiger partial charge in [0.25, 0.3) is 0 Å². The summed E-state index contributed by atoms with van der Waals surface area (Å²) < 4.78 is 0. The molecule has 0 aliphatic carbocycles. The lowest BCUT2D eigenvalue weighted by Crippen LogP contribution is -2.15. The van der Waals surface area contributed by atoms with Crippen LogP contribution >= 0.6 is 34.9 Å². The van der Waals surface area contributed by atoms with Crippen molar-refractivity contribution in [2.45, 2.75) is 17.4 Å². The van der Waals surface area contributed by atoms with Crippen molar-refractivity contribution in [3.05, 3.63) is 16.1 Å². The summed E-state index contributed by atoms with van der Waals surface area (Å²) in [5, 5.41) is 2.20. The van der Waals surface area contributed by atoms with Crippen molar-refractivity contribution in [1.82, 2.24) is 4.98 Å². The molecule has 0 saturated carbocycles. The Kier molecular flexibility index (Phi) is 3.52. The van der Waals surface area contributed by atoms with E-state index in [-0.39, 0.29) is 0 Å². The second-order valence-corrected chi connectivity index (χ2v) is 6.91. The summed E-state index contributed by atoms with van der Waals surface area (Å²) >= 11 is 5.48.